The maximum absolute atomic E-state index is 9.95. The van der Waals surface area contributed by atoms with Crippen LogP contribution in [0, 0.1) is 6.92 Å². The molecule has 0 spiro atoms. The predicted octanol–water partition coefficient (Wildman–Crippen LogP) is 2.70. The first kappa shape index (κ1) is 22.3. The number of ether oxygens (including phenoxy) is 2. The lowest BCUT2D eigenvalue weighted by atomic mass is 10.2. The smallest absolute Gasteiger partial charge is 0.200 e. The molecule has 7 nitrogen and oxygen atoms in total. The number of phenolic OH excluding ortho intramolecular Hbond substituents is 1. The first-order valence-corrected chi connectivity index (χ1v) is 8.74. The summed E-state index contributed by atoms with van der Waals surface area (Å²) in [6, 6.07) is 3.52. The van der Waals surface area contributed by atoms with Gasteiger partial charge in [0.05, 0.1) is 24.9 Å². The number of hydrogen-bond donors (Lipinski definition) is 3. The Morgan fingerprint density at radius 1 is 1.23 bits per heavy atom. The topological polar surface area (TPSA) is 88.0 Å². The summed E-state index contributed by atoms with van der Waals surface area (Å²) in [4.78, 5) is 8.65. The number of methoxy groups -OCH3 is 2. The molecule has 0 radical (unpaired) electrons. The van der Waals surface area contributed by atoms with Crippen molar-refractivity contribution in [3.63, 3.8) is 0 Å². The van der Waals surface area contributed by atoms with Gasteiger partial charge in [0.25, 0.3) is 0 Å². The highest BCUT2D eigenvalue weighted by Crippen LogP contribution is 2.36. The molecule has 0 atom stereocenters. The average Bonchev–Trinajstić information content (AvgIpc) is 3.03. The highest BCUT2D eigenvalue weighted by molar-refractivity contribution is 14.0. The highest BCUT2D eigenvalue weighted by Gasteiger charge is 2.11. The lowest BCUT2D eigenvalue weighted by Crippen LogP contribution is -2.37. The Morgan fingerprint density at radius 3 is 2.38 bits per heavy atom. The van der Waals surface area contributed by atoms with Gasteiger partial charge in [0, 0.05) is 31.9 Å². The van der Waals surface area contributed by atoms with Crippen LogP contribution in [0.5, 0.6) is 17.2 Å². The van der Waals surface area contributed by atoms with E-state index in [1.807, 2.05) is 6.92 Å². The summed E-state index contributed by atoms with van der Waals surface area (Å²) in [5.74, 6) is 1.43. The number of hydrogen-bond acceptors (Lipinski definition) is 6. The molecular weight excluding hydrogens is 467 g/mol. The third-order valence-electron chi connectivity index (χ3n) is 3.56. The van der Waals surface area contributed by atoms with E-state index in [4.69, 9.17) is 9.47 Å². The van der Waals surface area contributed by atoms with Gasteiger partial charge in [-0.1, -0.05) is 0 Å². The Kier molecular flexibility index (Phi) is 9.49. The molecule has 2 rings (SSSR count). The number of rotatable bonds is 7. The number of benzene rings is 1. The van der Waals surface area contributed by atoms with Crippen LogP contribution >= 0.6 is 35.3 Å². The molecule has 2 aromatic rings. The zero-order chi connectivity index (χ0) is 18.2. The second-order valence-corrected chi connectivity index (χ2v) is 6.37. The van der Waals surface area contributed by atoms with E-state index in [1.54, 1.807) is 30.5 Å². The number of phenols is 1. The number of aryl methyl sites for hydroxylation is 1. The molecule has 144 valence electrons. The maximum Gasteiger partial charge on any atom is 0.200 e. The fraction of sp³-hybridized carbons (Fsp3) is 0.412. The van der Waals surface area contributed by atoms with E-state index in [0.717, 1.165) is 29.2 Å². The Morgan fingerprint density at radius 2 is 1.88 bits per heavy atom. The zero-order valence-corrected chi connectivity index (χ0v) is 18.5. The predicted molar refractivity (Wildman–Crippen MR) is 115 cm³/mol. The summed E-state index contributed by atoms with van der Waals surface area (Å²) in [6.45, 7) is 3.26. The zero-order valence-electron chi connectivity index (χ0n) is 15.3. The van der Waals surface area contributed by atoms with Crippen LogP contribution in [0.15, 0.2) is 22.5 Å². The Hall–Kier alpha value is -1.75. The standard InChI is InChI=1S/C17H24N4O3S.HI/c1-11-21-13(10-25-11)5-6-19-17(18-2)20-9-12-7-14(23-3)16(22)15(8-12)24-4;/h7-8,10,22H,5-6,9H2,1-4H3,(H2,18,19,20);1H. The summed E-state index contributed by atoms with van der Waals surface area (Å²) in [5, 5.41) is 19.6. The van der Waals surface area contributed by atoms with Crippen LogP contribution in [0.3, 0.4) is 0 Å². The molecule has 0 aliphatic carbocycles. The van der Waals surface area contributed by atoms with E-state index in [0.29, 0.717) is 24.0 Å². The second-order valence-electron chi connectivity index (χ2n) is 5.31. The normalized spacial score (nSPS) is 10.8. The quantitative estimate of drug-likeness (QED) is 0.313. The number of thiazole rings is 1. The molecule has 0 amide bonds. The largest absolute Gasteiger partial charge is 0.502 e. The number of aromatic hydroxyl groups is 1. The van der Waals surface area contributed by atoms with E-state index >= 15 is 0 Å². The van der Waals surface area contributed by atoms with Crippen molar-refractivity contribution in [2.75, 3.05) is 27.8 Å². The average molecular weight is 492 g/mol. The molecule has 0 saturated carbocycles. The molecule has 0 bridgehead atoms. The molecule has 3 N–H and O–H groups in total. The van der Waals surface area contributed by atoms with Gasteiger partial charge < -0.3 is 25.2 Å². The molecular formula is C17H25IN4O3S. The SMILES string of the molecule is CN=C(NCCc1csc(C)n1)NCc1cc(OC)c(O)c(OC)c1.I. The van der Waals surface area contributed by atoms with Crippen LogP contribution in [0.1, 0.15) is 16.3 Å². The van der Waals surface area contributed by atoms with Crippen LogP contribution in [0.2, 0.25) is 0 Å². The van der Waals surface area contributed by atoms with Crippen LogP contribution in [-0.4, -0.2) is 43.9 Å². The van der Waals surface area contributed by atoms with Crippen molar-refractivity contribution in [2.24, 2.45) is 4.99 Å². The molecule has 0 saturated heterocycles. The number of aliphatic imine (C=N–C) groups is 1. The van der Waals surface area contributed by atoms with Gasteiger partial charge in [-0.05, 0) is 24.6 Å². The van der Waals surface area contributed by atoms with Gasteiger partial charge in [-0.25, -0.2) is 4.98 Å². The number of aromatic nitrogens is 1. The number of nitrogens with one attached hydrogen (secondary N) is 2. The van der Waals surface area contributed by atoms with Gasteiger partial charge in [-0.3, -0.25) is 4.99 Å². The lowest BCUT2D eigenvalue weighted by molar-refractivity contribution is 0.339. The Labute approximate surface area is 174 Å². The van der Waals surface area contributed by atoms with Gasteiger partial charge in [0.1, 0.15) is 0 Å². The van der Waals surface area contributed by atoms with Crippen LogP contribution in [0.25, 0.3) is 0 Å². The summed E-state index contributed by atoms with van der Waals surface area (Å²) < 4.78 is 10.3. The second kappa shape index (κ2) is 11.1. The molecule has 26 heavy (non-hydrogen) atoms. The fourth-order valence-electron chi connectivity index (χ4n) is 2.29. The van der Waals surface area contributed by atoms with Crippen molar-refractivity contribution >= 4 is 41.3 Å². The van der Waals surface area contributed by atoms with E-state index in [1.165, 1.54) is 14.2 Å². The maximum atomic E-state index is 9.95. The van der Waals surface area contributed by atoms with Crippen molar-refractivity contribution in [3.05, 3.63) is 33.8 Å². The highest BCUT2D eigenvalue weighted by atomic mass is 127. The van der Waals surface area contributed by atoms with Gasteiger partial charge >= 0.3 is 0 Å². The molecule has 1 aromatic heterocycles. The van der Waals surface area contributed by atoms with Crippen LogP contribution in [-0.2, 0) is 13.0 Å². The van der Waals surface area contributed by atoms with Crippen LogP contribution in [0.4, 0.5) is 0 Å². The summed E-state index contributed by atoms with van der Waals surface area (Å²) in [7, 11) is 4.74. The van der Waals surface area contributed by atoms with E-state index in [2.05, 4.69) is 26.0 Å². The number of nitrogens with zero attached hydrogens (tertiary/aromatic N) is 2. The van der Waals surface area contributed by atoms with Crippen molar-refractivity contribution in [1.29, 1.82) is 0 Å². The minimum Gasteiger partial charge on any atom is -0.502 e. The Balaban J connectivity index is 0.00000338. The summed E-state index contributed by atoms with van der Waals surface area (Å²) in [5.41, 5.74) is 1.99. The fourth-order valence-corrected chi connectivity index (χ4v) is 2.94. The molecule has 1 aromatic carbocycles. The minimum absolute atomic E-state index is 0. The van der Waals surface area contributed by atoms with Gasteiger partial charge in [0.2, 0.25) is 5.75 Å². The third kappa shape index (κ3) is 6.20. The van der Waals surface area contributed by atoms with Crippen molar-refractivity contribution in [2.45, 2.75) is 19.9 Å². The minimum atomic E-state index is -0.00480. The van der Waals surface area contributed by atoms with Crippen molar-refractivity contribution in [3.8, 4) is 17.2 Å². The molecule has 9 heteroatoms. The Bertz CT molecular complexity index is 712. The number of guanidine groups is 1. The van der Waals surface area contributed by atoms with Crippen LogP contribution < -0.4 is 20.1 Å². The molecule has 0 aliphatic rings. The van der Waals surface area contributed by atoms with Gasteiger partial charge in [-0.2, -0.15) is 0 Å². The molecule has 0 unspecified atom stereocenters. The van der Waals surface area contributed by atoms with Crippen molar-refractivity contribution in [1.82, 2.24) is 15.6 Å². The number of halogens is 1. The first-order valence-electron chi connectivity index (χ1n) is 7.86. The molecule has 1 heterocycles. The third-order valence-corrected chi connectivity index (χ3v) is 4.39. The molecule has 0 fully saturated rings. The first-order chi connectivity index (χ1) is 12.1. The van der Waals surface area contributed by atoms with Gasteiger partial charge in [0.15, 0.2) is 17.5 Å². The van der Waals surface area contributed by atoms with Crippen molar-refractivity contribution < 1.29 is 14.6 Å². The molecule has 0 aliphatic heterocycles. The lowest BCUT2D eigenvalue weighted by Gasteiger charge is -2.14. The summed E-state index contributed by atoms with van der Waals surface area (Å²) >= 11 is 1.66. The van der Waals surface area contributed by atoms with E-state index in [9.17, 15) is 5.11 Å². The summed E-state index contributed by atoms with van der Waals surface area (Å²) in [6.07, 6.45) is 0.839. The van der Waals surface area contributed by atoms with Gasteiger partial charge in [-0.15, -0.1) is 35.3 Å². The van der Waals surface area contributed by atoms with E-state index in [-0.39, 0.29) is 29.7 Å². The monoisotopic (exact) mass is 492 g/mol. The van der Waals surface area contributed by atoms with E-state index < -0.39 is 0 Å².